The smallest absolute Gasteiger partial charge is 0.249 e. The van der Waals surface area contributed by atoms with Gasteiger partial charge in [0.1, 0.15) is 11.6 Å². The molecule has 2 saturated heterocycles. The zero-order valence-corrected chi connectivity index (χ0v) is 23.3. The number of hydrogen-bond acceptors (Lipinski definition) is 5. The number of unbranched alkanes of at least 4 members (excludes halogenated alkanes) is 2. The fraction of sp³-hybridized carbons (Fsp3) is 0.581. The van der Waals surface area contributed by atoms with Crippen molar-refractivity contribution in [1.29, 1.82) is 0 Å². The molecule has 8 nitrogen and oxygen atoms in total. The van der Waals surface area contributed by atoms with Gasteiger partial charge in [0, 0.05) is 25.3 Å². The number of amides is 3. The van der Waals surface area contributed by atoms with Crippen LogP contribution in [-0.4, -0.2) is 82.2 Å². The molecule has 1 aromatic carbocycles. The van der Waals surface area contributed by atoms with E-state index in [1.54, 1.807) is 9.80 Å². The Labute approximate surface area is 231 Å². The average molecular weight is 536 g/mol. The van der Waals surface area contributed by atoms with Crippen molar-refractivity contribution in [3.8, 4) is 0 Å². The van der Waals surface area contributed by atoms with Gasteiger partial charge in [0.2, 0.25) is 17.7 Å². The minimum absolute atomic E-state index is 0.169. The second-order valence-electron chi connectivity index (χ2n) is 11.2. The number of rotatable bonds is 9. The van der Waals surface area contributed by atoms with Gasteiger partial charge in [-0.2, -0.15) is 0 Å². The molecule has 4 aliphatic heterocycles. The quantitative estimate of drug-likeness (QED) is 0.387. The lowest BCUT2D eigenvalue weighted by molar-refractivity contribution is -0.155. The number of para-hydroxylation sites is 1. The van der Waals surface area contributed by atoms with E-state index in [0.717, 1.165) is 24.9 Å². The average Bonchev–Trinajstić information content (AvgIpc) is 3.25. The maximum absolute atomic E-state index is 14.5. The number of hydrogen-bond donors (Lipinski definition) is 1. The van der Waals surface area contributed by atoms with Crippen LogP contribution in [0.1, 0.15) is 52.9 Å². The third-order valence-corrected chi connectivity index (χ3v) is 9.14. The zero-order chi connectivity index (χ0) is 27.8. The maximum Gasteiger partial charge on any atom is 0.249 e. The van der Waals surface area contributed by atoms with Gasteiger partial charge in [-0.15, -0.1) is 0 Å². The lowest BCUT2D eigenvalue weighted by Crippen LogP contribution is -2.58. The summed E-state index contributed by atoms with van der Waals surface area (Å²) in [6.07, 6.45) is 11.6. The van der Waals surface area contributed by atoms with E-state index in [1.165, 1.54) is 0 Å². The number of carbonyl (C=O) groups excluding carboxylic acids is 3. The fourth-order valence-electron chi connectivity index (χ4n) is 7.15. The van der Waals surface area contributed by atoms with E-state index >= 15 is 0 Å². The summed E-state index contributed by atoms with van der Waals surface area (Å²) in [5.41, 5.74) is -1.56. The van der Waals surface area contributed by atoms with Crippen molar-refractivity contribution in [3.63, 3.8) is 0 Å². The summed E-state index contributed by atoms with van der Waals surface area (Å²) in [5.74, 6) is -2.31. The highest BCUT2D eigenvalue weighted by atomic mass is 16.5. The molecule has 210 valence electrons. The van der Waals surface area contributed by atoms with Crippen LogP contribution in [0.25, 0.3) is 0 Å². The van der Waals surface area contributed by atoms with E-state index in [2.05, 4.69) is 6.92 Å². The summed E-state index contributed by atoms with van der Waals surface area (Å²) < 4.78 is 7.00. The van der Waals surface area contributed by atoms with Crippen molar-refractivity contribution in [1.82, 2.24) is 9.80 Å². The van der Waals surface area contributed by atoms with Crippen molar-refractivity contribution in [3.05, 3.63) is 54.6 Å². The first-order valence-corrected chi connectivity index (χ1v) is 14.5. The van der Waals surface area contributed by atoms with Crippen LogP contribution >= 0.6 is 0 Å². The van der Waals surface area contributed by atoms with Gasteiger partial charge in [-0.05, 0) is 31.4 Å². The van der Waals surface area contributed by atoms with Crippen LogP contribution in [-0.2, 0) is 19.1 Å². The molecule has 0 bridgehead atoms. The van der Waals surface area contributed by atoms with Crippen molar-refractivity contribution in [2.24, 2.45) is 11.8 Å². The molecule has 1 spiro atoms. The van der Waals surface area contributed by atoms with Crippen molar-refractivity contribution in [2.45, 2.75) is 76.2 Å². The number of anilines is 1. The molecule has 0 saturated carbocycles. The van der Waals surface area contributed by atoms with Crippen LogP contribution in [0.3, 0.4) is 0 Å². The molecule has 0 aromatic heterocycles. The Morgan fingerprint density at radius 2 is 1.69 bits per heavy atom. The Hall–Kier alpha value is -2.97. The summed E-state index contributed by atoms with van der Waals surface area (Å²) >= 11 is 0. The standard InChI is InChI=1S/C31H41N3O5/c1-4-7-11-18-32-19-13-17-31-25(28(37)34(22(5-2)21-35)26(31)29(32)38)24-27(36)33(23-14-9-8-10-15-23)20-12-16-30(24,6-3)39-31/h8-10,12-17,22,24-26,35H,4-7,11,18-21H2,1-3H3/t22-,24-,25-,26?,30+,31-/m0/s1. The number of nitrogens with zero attached hydrogens (tertiary/aromatic N) is 3. The second kappa shape index (κ2) is 10.9. The Bertz CT molecular complexity index is 1150. The maximum atomic E-state index is 14.5. The third kappa shape index (κ3) is 4.23. The Balaban J connectivity index is 1.64. The zero-order valence-electron chi connectivity index (χ0n) is 23.3. The Kier molecular flexibility index (Phi) is 7.71. The lowest BCUT2D eigenvalue weighted by Gasteiger charge is -2.40. The minimum atomic E-state index is -1.30. The van der Waals surface area contributed by atoms with E-state index < -0.39 is 35.1 Å². The van der Waals surface area contributed by atoms with E-state index in [9.17, 15) is 19.5 Å². The fourth-order valence-corrected chi connectivity index (χ4v) is 7.15. The van der Waals surface area contributed by atoms with E-state index in [0.29, 0.717) is 32.5 Å². The molecule has 1 unspecified atom stereocenters. The van der Waals surface area contributed by atoms with Gasteiger partial charge in [0.05, 0.1) is 30.1 Å². The number of aliphatic hydroxyl groups excluding tert-OH is 1. The molecule has 4 heterocycles. The van der Waals surface area contributed by atoms with Crippen LogP contribution < -0.4 is 4.90 Å². The molecule has 1 N–H and O–H groups in total. The highest BCUT2D eigenvalue weighted by molar-refractivity contribution is 6.04. The van der Waals surface area contributed by atoms with E-state index in [4.69, 9.17) is 4.74 Å². The summed E-state index contributed by atoms with van der Waals surface area (Å²) in [7, 11) is 0. The molecular formula is C31H41N3O5. The SMILES string of the molecule is CCCCCN1CC=C[C@]23O[C@]4(CC)C=CCN(c5ccccc5)C(=O)[C@@H]4[C@H]2C(=O)N([C@@H](CC)CO)C3C1=O. The third-order valence-electron chi connectivity index (χ3n) is 9.14. The van der Waals surface area contributed by atoms with Crippen LogP contribution in [0.5, 0.6) is 0 Å². The highest BCUT2D eigenvalue weighted by Crippen LogP contribution is 2.59. The Morgan fingerprint density at radius 1 is 0.949 bits per heavy atom. The molecule has 2 fully saturated rings. The van der Waals surface area contributed by atoms with Crippen LogP contribution in [0.4, 0.5) is 5.69 Å². The van der Waals surface area contributed by atoms with E-state index in [-0.39, 0.29) is 24.3 Å². The molecule has 8 heteroatoms. The first kappa shape index (κ1) is 27.6. The van der Waals surface area contributed by atoms with Crippen molar-refractivity contribution in [2.75, 3.05) is 31.1 Å². The molecule has 1 aromatic rings. The summed E-state index contributed by atoms with van der Waals surface area (Å²) in [6, 6.07) is 8.00. The predicted octanol–water partition coefficient (Wildman–Crippen LogP) is 3.31. The number of likely N-dealkylation sites (tertiary alicyclic amines) is 1. The number of benzene rings is 1. The van der Waals surface area contributed by atoms with Crippen molar-refractivity contribution >= 4 is 23.4 Å². The van der Waals surface area contributed by atoms with Gasteiger partial charge in [0.15, 0.2) is 0 Å². The normalized spacial score (nSPS) is 32.7. The summed E-state index contributed by atoms with van der Waals surface area (Å²) in [6.45, 7) is 7.13. The number of fused-ring (bicyclic) bond motifs is 2. The molecule has 0 aliphatic carbocycles. The summed E-state index contributed by atoms with van der Waals surface area (Å²) in [5, 5.41) is 10.3. The molecule has 0 radical (unpaired) electrons. The first-order valence-electron chi connectivity index (χ1n) is 14.5. The van der Waals surface area contributed by atoms with Gasteiger partial charge in [0.25, 0.3) is 0 Å². The molecular weight excluding hydrogens is 494 g/mol. The molecule has 4 aliphatic rings. The lowest BCUT2D eigenvalue weighted by atomic mass is 9.73. The number of carbonyl (C=O) groups is 3. The van der Waals surface area contributed by atoms with Gasteiger partial charge in [-0.25, -0.2) is 0 Å². The Morgan fingerprint density at radius 3 is 2.36 bits per heavy atom. The molecule has 5 rings (SSSR count). The van der Waals surface area contributed by atoms with E-state index in [1.807, 2.05) is 73.4 Å². The minimum Gasteiger partial charge on any atom is -0.394 e. The van der Waals surface area contributed by atoms with Crippen LogP contribution in [0.15, 0.2) is 54.6 Å². The highest BCUT2D eigenvalue weighted by Gasteiger charge is 2.75. The largest absolute Gasteiger partial charge is 0.394 e. The predicted molar refractivity (Wildman–Crippen MR) is 149 cm³/mol. The van der Waals surface area contributed by atoms with Gasteiger partial charge < -0.3 is 24.5 Å². The molecule has 6 atom stereocenters. The monoisotopic (exact) mass is 535 g/mol. The van der Waals surface area contributed by atoms with Crippen molar-refractivity contribution < 1.29 is 24.2 Å². The van der Waals surface area contributed by atoms with Gasteiger partial charge in [-0.3, -0.25) is 14.4 Å². The van der Waals surface area contributed by atoms with Crippen LogP contribution in [0, 0.1) is 11.8 Å². The number of aliphatic hydroxyl groups is 1. The van der Waals surface area contributed by atoms with Crippen LogP contribution in [0.2, 0.25) is 0 Å². The topological polar surface area (TPSA) is 90.4 Å². The van der Waals surface area contributed by atoms with Gasteiger partial charge in [-0.1, -0.05) is 76.1 Å². The number of ether oxygens (including phenoxy) is 1. The first-order chi connectivity index (χ1) is 18.9. The van der Waals surface area contributed by atoms with Gasteiger partial charge >= 0.3 is 0 Å². The second-order valence-corrected chi connectivity index (χ2v) is 11.2. The summed E-state index contributed by atoms with van der Waals surface area (Å²) in [4.78, 5) is 48.3. The molecule has 39 heavy (non-hydrogen) atoms. The molecule has 3 amide bonds.